The lowest BCUT2D eigenvalue weighted by atomic mass is 10.1. The molecule has 0 spiro atoms. The lowest BCUT2D eigenvalue weighted by molar-refractivity contribution is -0.385. The van der Waals surface area contributed by atoms with Crippen LogP contribution in [0.25, 0.3) is 0 Å². The summed E-state index contributed by atoms with van der Waals surface area (Å²) < 4.78 is 4.99. The highest BCUT2D eigenvalue weighted by Crippen LogP contribution is 2.25. The average molecular weight is 273 g/mol. The molecule has 100 valence electrons. The van der Waals surface area contributed by atoms with Crippen molar-refractivity contribution in [1.29, 1.82) is 0 Å². The molecule has 0 bridgehead atoms. The Morgan fingerprint density at radius 2 is 2.22 bits per heavy atom. The third-order valence-corrected chi connectivity index (χ3v) is 2.97. The van der Waals surface area contributed by atoms with E-state index in [1.165, 1.54) is 6.07 Å². The first kappa shape index (κ1) is 14.7. The summed E-state index contributed by atoms with van der Waals surface area (Å²) in [5, 5.41) is 10.8. The van der Waals surface area contributed by atoms with Gasteiger partial charge in [0, 0.05) is 44.6 Å². The van der Waals surface area contributed by atoms with E-state index in [0.717, 1.165) is 18.7 Å². The molecule has 0 unspecified atom stereocenters. The second kappa shape index (κ2) is 7.18. The van der Waals surface area contributed by atoms with Gasteiger partial charge in [-0.05, 0) is 18.6 Å². The zero-order chi connectivity index (χ0) is 13.5. The molecular formula is C12H17ClN2O3. The fraction of sp³-hybridized carbons (Fsp3) is 0.500. The lowest BCUT2D eigenvalue weighted by Gasteiger charge is -2.19. The summed E-state index contributed by atoms with van der Waals surface area (Å²) in [5.74, 6) is 0.135. The van der Waals surface area contributed by atoms with Gasteiger partial charge in [-0.3, -0.25) is 10.1 Å². The first-order chi connectivity index (χ1) is 8.60. The van der Waals surface area contributed by atoms with E-state index in [-0.39, 0.29) is 11.6 Å². The van der Waals surface area contributed by atoms with E-state index in [2.05, 4.69) is 0 Å². The Morgan fingerprint density at radius 1 is 1.50 bits per heavy atom. The van der Waals surface area contributed by atoms with E-state index in [1.807, 2.05) is 11.9 Å². The van der Waals surface area contributed by atoms with Crippen molar-refractivity contribution in [3.63, 3.8) is 0 Å². The molecule has 0 heterocycles. The predicted molar refractivity (Wildman–Crippen MR) is 72.4 cm³/mol. The van der Waals surface area contributed by atoms with Crippen LogP contribution < -0.4 is 4.90 Å². The normalized spacial score (nSPS) is 10.4. The van der Waals surface area contributed by atoms with Gasteiger partial charge in [-0.25, -0.2) is 0 Å². The molecule has 0 aromatic heterocycles. The Hall–Kier alpha value is -1.33. The van der Waals surface area contributed by atoms with E-state index < -0.39 is 4.92 Å². The predicted octanol–water partition coefficient (Wildman–Crippen LogP) is 2.81. The maximum absolute atomic E-state index is 10.8. The molecule has 0 aliphatic carbocycles. The third-order valence-electron chi connectivity index (χ3n) is 2.69. The summed E-state index contributed by atoms with van der Waals surface area (Å²) in [4.78, 5) is 12.4. The molecule has 0 atom stereocenters. The Kier molecular flexibility index (Phi) is 5.88. The van der Waals surface area contributed by atoms with Crippen molar-refractivity contribution in [3.05, 3.63) is 33.9 Å². The van der Waals surface area contributed by atoms with Crippen molar-refractivity contribution in [2.24, 2.45) is 0 Å². The van der Waals surface area contributed by atoms with Crippen molar-refractivity contribution in [2.45, 2.75) is 12.3 Å². The number of benzene rings is 1. The monoisotopic (exact) mass is 272 g/mol. The number of halogens is 1. The fourth-order valence-corrected chi connectivity index (χ4v) is 1.88. The van der Waals surface area contributed by atoms with Crippen LogP contribution in [0.5, 0.6) is 0 Å². The molecule has 0 N–H and O–H groups in total. The summed E-state index contributed by atoms with van der Waals surface area (Å²) in [5.41, 5.74) is 1.53. The van der Waals surface area contributed by atoms with E-state index in [0.29, 0.717) is 12.2 Å². The smallest absolute Gasteiger partial charge is 0.273 e. The molecule has 1 rings (SSSR count). The molecular weight excluding hydrogens is 256 g/mol. The quantitative estimate of drug-likeness (QED) is 0.331. The standard InChI is InChI=1S/C12H17ClN2O3/c1-14(6-3-7-18-2)11-4-5-12(15(16)17)10(8-11)9-13/h4-5,8H,3,6-7,9H2,1-2H3. The van der Waals surface area contributed by atoms with Crippen molar-refractivity contribution in [1.82, 2.24) is 0 Å². The summed E-state index contributed by atoms with van der Waals surface area (Å²) in [6.07, 6.45) is 0.903. The van der Waals surface area contributed by atoms with Crippen molar-refractivity contribution < 1.29 is 9.66 Å². The van der Waals surface area contributed by atoms with Gasteiger partial charge in [-0.15, -0.1) is 11.6 Å². The number of rotatable bonds is 7. The molecule has 0 saturated heterocycles. The minimum absolute atomic E-state index is 0.0686. The largest absolute Gasteiger partial charge is 0.385 e. The topological polar surface area (TPSA) is 55.6 Å². The van der Waals surface area contributed by atoms with Gasteiger partial charge < -0.3 is 9.64 Å². The van der Waals surface area contributed by atoms with Crippen LogP contribution in [0.1, 0.15) is 12.0 Å². The van der Waals surface area contributed by atoms with E-state index >= 15 is 0 Å². The molecule has 0 fully saturated rings. The second-order valence-corrected chi connectivity index (χ2v) is 4.24. The van der Waals surface area contributed by atoms with Crippen LogP contribution in [0.2, 0.25) is 0 Å². The maximum atomic E-state index is 10.8. The van der Waals surface area contributed by atoms with Gasteiger partial charge in [0.25, 0.3) is 5.69 Å². The minimum atomic E-state index is -0.410. The van der Waals surface area contributed by atoms with Crippen LogP contribution in [-0.4, -0.2) is 32.2 Å². The fourth-order valence-electron chi connectivity index (χ4n) is 1.67. The molecule has 0 aliphatic heterocycles. The average Bonchev–Trinajstić information content (AvgIpc) is 2.37. The first-order valence-corrected chi connectivity index (χ1v) is 6.17. The number of nitrogens with zero attached hydrogens (tertiary/aromatic N) is 2. The molecule has 0 saturated carbocycles. The Bertz CT molecular complexity index is 412. The zero-order valence-corrected chi connectivity index (χ0v) is 11.3. The highest BCUT2D eigenvalue weighted by atomic mass is 35.5. The second-order valence-electron chi connectivity index (χ2n) is 3.97. The van der Waals surface area contributed by atoms with E-state index in [4.69, 9.17) is 16.3 Å². The highest BCUT2D eigenvalue weighted by molar-refractivity contribution is 6.17. The maximum Gasteiger partial charge on any atom is 0.273 e. The van der Waals surface area contributed by atoms with Gasteiger partial charge in [-0.1, -0.05) is 0 Å². The molecule has 18 heavy (non-hydrogen) atoms. The number of hydrogen-bond acceptors (Lipinski definition) is 4. The van der Waals surface area contributed by atoms with Crippen LogP contribution in [0.4, 0.5) is 11.4 Å². The molecule has 0 aliphatic rings. The van der Waals surface area contributed by atoms with Gasteiger partial charge in [0.1, 0.15) is 0 Å². The summed E-state index contributed by atoms with van der Waals surface area (Å²) in [6, 6.07) is 5.00. The molecule has 6 heteroatoms. The number of alkyl halides is 1. The number of nitro benzene ring substituents is 1. The number of anilines is 1. The summed E-state index contributed by atoms with van der Waals surface area (Å²) in [7, 11) is 3.60. The van der Waals surface area contributed by atoms with Gasteiger partial charge in [0.05, 0.1) is 10.8 Å². The SMILES string of the molecule is COCCCN(C)c1ccc([N+](=O)[O-])c(CCl)c1. The molecule has 5 nitrogen and oxygen atoms in total. The molecule has 1 aromatic carbocycles. The van der Waals surface area contributed by atoms with Gasteiger partial charge >= 0.3 is 0 Å². The molecule has 1 aromatic rings. The number of ether oxygens (including phenoxy) is 1. The third kappa shape index (κ3) is 3.85. The molecule has 0 radical (unpaired) electrons. The first-order valence-electron chi connectivity index (χ1n) is 5.63. The van der Waals surface area contributed by atoms with Gasteiger partial charge in [0.2, 0.25) is 0 Å². The Balaban J connectivity index is 2.81. The number of methoxy groups -OCH3 is 1. The van der Waals surface area contributed by atoms with E-state index in [1.54, 1.807) is 19.2 Å². The lowest BCUT2D eigenvalue weighted by Crippen LogP contribution is -2.19. The van der Waals surface area contributed by atoms with Gasteiger partial charge in [0.15, 0.2) is 0 Å². The summed E-state index contributed by atoms with van der Waals surface area (Å²) in [6.45, 7) is 1.52. The van der Waals surface area contributed by atoms with Crippen molar-refractivity contribution in [2.75, 3.05) is 32.2 Å². The highest BCUT2D eigenvalue weighted by Gasteiger charge is 2.14. The summed E-state index contributed by atoms with van der Waals surface area (Å²) >= 11 is 5.74. The van der Waals surface area contributed by atoms with Crippen LogP contribution >= 0.6 is 11.6 Å². The minimum Gasteiger partial charge on any atom is -0.385 e. The van der Waals surface area contributed by atoms with Crippen LogP contribution in [0.3, 0.4) is 0 Å². The van der Waals surface area contributed by atoms with Crippen LogP contribution in [0, 0.1) is 10.1 Å². The zero-order valence-electron chi connectivity index (χ0n) is 10.6. The Labute approximate surface area is 111 Å². The van der Waals surface area contributed by atoms with Crippen molar-refractivity contribution in [3.8, 4) is 0 Å². The van der Waals surface area contributed by atoms with Crippen LogP contribution in [-0.2, 0) is 10.6 Å². The van der Waals surface area contributed by atoms with Crippen LogP contribution in [0.15, 0.2) is 18.2 Å². The van der Waals surface area contributed by atoms with Crippen molar-refractivity contribution >= 4 is 23.0 Å². The Morgan fingerprint density at radius 3 is 2.78 bits per heavy atom. The van der Waals surface area contributed by atoms with E-state index in [9.17, 15) is 10.1 Å². The number of nitro groups is 1. The van der Waals surface area contributed by atoms with Gasteiger partial charge in [-0.2, -0.15) is 0 Å². The number of hydrogen-bond donors (Lipinski definition) is 0. The molecule has 0 amide bonds.